The molecule has 2 aliphatic rings. The summed E-state index contributed by atoms with van der Waals surface area (Å²) in [6.45, 7) is 3.66. The Balaban J connectivity index is 2.09. The Morgan fingerprint density at radius 3 is 2.35 bits per heavy atom. The highest BCUT2D eigenvalue weighted by molar-refractivity contribution is 6.00. The highest BCUT2D eigenvalue weighted by Crippen LogP contribution is 2.44. The van der Waals surface area contributed by atoms with Crippen molar-refractivity contribution in [2.75, 3.05) is 20.3 Å². The lowest BCUT2D eigenvalue weighted by Crippen LogP contribution is -2.34. The van der Waals surface area contributed by atoms with E-state index in [0.717, 1.165) is 26.0 Å². The minimum atomic E-state index is -4.68. The number of allylic oxidation sites excluding steroid dienone is 2. The molecule has 1 N–H and O–H groups in total. The highest BCUT2D eigenvalue weighted by Gasteiger charge is 2.43. The van der Waals surface area contributed by atoms with E-state index in [4.69, 9.17) is 14.2 Å². The molecular weight excluding hydrogens is 415 g/mol. The Hall–Kier alpha value is -2.81. The van der Waals surface area contributed by atoms with E-state index in [-0.39, 0.29) is 29.4 Å². The third-order valence-corrected chi connectivity index (χ3v) is 5.39. The van der Waals surface area contributed by atoms with E-state index >= 15 is 0 Å². The molecule has 1 aromatic rings. The predicted octanol–water partition coefficient (Wildman–Crippen LogP) is 3.84. The minimum absolute atomic E-state index is 0.0144. The Morgan fingerprint density at radius 1 is 1.13 bits per heavy atom. The zero-order valence-corrected chi connectivity index (χ0v) is 17.5. The maximum atomic E-state index is 13.8. The first-order valence-electron chi connectivity index (χ1n) is 9.86. The number of esters is 2. The molecule has 1 aromatic carbocycles. The predicted molar refractivity (Wildman–Crippen MR) is 105 cm³/mol. The third kappa shape index (κ3) is 4.76. The van der Waals surface area contributed by atoms with E-state index in [2.05, 4.69) is 5.32 Å². The first-order chi connectivity index (χ1) is 14.6. The molecule has 6 nitrogen and oxygen atoms in total. The van der Waals surface area contributed by atoms with Crippen molar-refractivity contribution < 1.29 is 37.0 Å². The summed E-state index contributed by atoms with van der Waals surface area (Å²) >= 11 is 0. The van der Waals surface area contributed by atoms with E-state index in [9.17, 15) is 22.8 Å². The van der Waals surface area contributed by atoms with E-state index in [1.807, 2.05) is 0 Å². The lowest BCUT2D eigenvalue weighted by molar-refractivity contribution is -0.143. The van der Waals surface area contributed by atoms with Crippen LogP contribution in [-0.4, -0.2) is 38.4 Å². The molecule has 0 unspecified atom stereocenters. The average Bonchev–Trinajstić information content (AvgIpc) is 3.24. The van der Waals surface area contributed by atoms with Crippen LogP contribution >= 0.6 is 0 Å². The molecule has 3 rings (SSSR count). The smallest absolute Gasteiger partial charge is 0.416 e. The second-order valence-electron chi connectivity index (χ2n) is 7.45. The van der Waals surface area contributed by atoms with Gasteiger partial charge in [0, 0.05) is 18.0 Å². The molecule has 0 bridgehead atoms. The fourth-order valence-electron chi connectivity index (χ4n) is 3.99. The van der Waals surface area contributed by atoms with Crippen LogP contribution < -0.4 is 5.32 Å². The van der Waals surface area contributed by atoms with E-state index in [1.165, 1.54) is 18.2 Å². The maximum absolute atomic E-state index is 13.8. The second kappa shape index (κ2) is 9.13. The summed E-state index contributed by atoms with van der Waals surface area (Å²) in [5, 5.41) is 2.91. The van der Waals surface area contributed by atoms with Crippen LogP contribution in [0.25, 0.3) is 0 Å². The number of nitrogens with one attached hydrogen (secondary N) is 1. The van der Waals surface area contributed by atoms with Gasteiger partial charge in [0.2, 0.25) is 0 Å². The largest absolute Gasteiger partial charge is 0.466 e. The Morgan fingerprint density at radius 2 is 1.77 bits per heavy atom. The van der Waals surface area contributed by atoms with Crippen LogP contribution in [0.4, 0.5) is 13.2 Å². The first kappa shape index (κ1) is 22.9. The molecule has 2 heterocycles. The van der Waals surface area contributed by atoms with Crippen molar-refractivity contribution in [1.29, 1.82) is 0 Å². The summed E-state index contributed by atoms with van der Waals surface area (Å²) in [7, 11) is 1.13. The van der Waals surface area contributed by atoms with Crippen LogP contribution in [0.5, 0.6) is 0 Å². The van der Waals surface area contributed by atoms with Gasteiger partial charge in [0.25, 0.3) is 0 Å². The fourth-order valence-corrected chi connectivity index (χ4v) is 3.99. The molecule has 0 aliphatic carbocycles. The number of alkyl halides is 3. The lowest BCUT2D eigenvalue weighted by Gasteiger charge is -2.31. The van der Waals surface area contributed by atoms with Gasteiger partial charge in [0.15, 0.2) is 0 Å². The minimum Gasteiger partial charge on any atom is -0.466 e. The van der Waals surface area contributed by atoms with Crippen molar-refractivity contribution >= 4 is 11.9 Å². The molecule has 168 valence electrons. The Bertz CT molecular complexity index is 929. The number of rotatable bonds is 5. The lowest BCUT2D eigenvalue weighted by atomic mass is 9.78. The van der Waals surface area contributed by atoms with E-state index in [1.54, 1.807) is 13.8 Å². The standard InChI is InChI=1S/C22H24F3NO5/c1-12-17(20(27)29-3)19(15-8-4-5-9-16(15)22(23,24)25)18(13(2)26-12)21(28)31-11-14-7-6-10-30-14/h4-5,8-9,14,19,26H,6-7,10-11H2,1-3H3/t14-,19-/m0/s1. The van der Waals surface area contributed by atoms with Crippen LogP contribution in [0.15, 0.2) is 46.8 Å². The van der Waals surface area contributed by atoms with Gasteiger partial charge in [-0.3, -0.25) is 0 Å². The number of dihydropyridines is 1. The molecule has 31 heavy (non-hydrogen) atoms. The quantitative estimate of drug-likeness (QED) is 0.703. The summed E-state index contributed by atoms with van der Waals surface area (Å²) in [6.07, 6.45) is -3.35. The van der Waals surface area contributed by atoms with Crippen LogP contribution in [0.3, 0.4) is 0 Å². The number of hydrogen-bond acceptors (Lipinski definition) is 6. The molecule has 1 fully saturated rings. The summed E-state index contributed by atoms with van der Waals surface area (Å²) in [5.41, 5.74) is -0.686. The summed E-state index contributed by atoms with van der Waals surface area (Å²) < 4.78 is 57.0. The number of hydrogen-bond donors (Lipinski definition) is 1. The molecule has 2 aliphatic heterocycles. The van der Waals surface area contributed by atoms with Crippen molar-refractivity contribution in [2.24, 2.45) is 0 Å². The molecule has 0 aromatic heterocycles. The Labute approximate surface area is 178 Å². The van der Waals surface area contributed by atoms with Gasteiger partial charge in [-0.05, 0) is 38.3 Å². The second-order valence-corrected chi connectivity index (χ2v) is 7.45. The maximum Gasteiger partial charge on any atom is 0.416 e. The van der Waals surface area contributed by atoms with Crippen molar-refractivity contribution in [3.8, 4) is 0 Å². The van der Waals surface area contributed by atoms with Gasteiger partial charge in [-0.1, -0.05) is 18.2 Å². The van der Waals surface area contributed by atoms with E-state index in [0.29, 0.717) is 18.0 Å². The molecule has 0 spiro atoms. The molecule has 0 radical (unpaired) electrons. The van der Waals surface area contributed by atoms with Crippen molar-refractivity contribution in [2.45, 2.75) is 44.9 Å². The molecule has 2 atom stereocenters. The summed E-state index contributed by atoms with van der Waals surface area (Å²) in [4.78, 5) is 25.6. The number of benzene rings is 1. The van der Waals surface area contributed by atoms with Gasteiger partial charge in [0.05, 0.1) is 35.8 Å². The molecule has 1 saturated heterocycles. The monoisotopic (exact) mass is 439 g/mol. The van der Waals surface area contributed by atoms with Gasteiger partial charge in [-0.2, -0.15) is 13.2 Å². The normalized spacial score (nSPS) is 21.7. The fraction of sp³-hybridized carbons (Fsp3) is 0.455. The topological polar surface area (TPSA) is 73.9 Å². The van der Waals surface area contributed by atoms with E-state index < -0.39 is 29.6 Å². The van der Waals surface area contributed by atoms with Crippen molar-refractivity contribution in [3.05, 3.63) is 57.9 Å². The van der Waals surface area contributed by atoms with Crippen LogP contribution in [-0.2, 0) is 30.0 Å². The SMILES string of the molecule is COC(=O)C1=C(C)NC(C)=C(C(=O)OC[C@@H]2CCCO2)[C@H]1c1ccccc1C(F)(F)F. The number of carbonyl (C=O) groups excluding carboxylic acids is 2. The Kier molecular flexibility index (Phi) is 6.74. The van der Waals surface area contributed by atoms with Gasteiger partial charge in [-0.15, -0.1) is 0 Å². The summed E-state index contributed by atoms with van der Waals surface area (Å²) in [6, 6.07) is 4.87. The first-order valence-corrected chi connectivity index (χ1v) is 9.86. The van der Waals surface area contributed by atoms with Crippen LogP contribution in [0.2, 0.25) is 0 Å². The average molecular weight is 439 g/mol. The third-order valence-electron chi connectivity index (χ3n) is 5.39. The molecule has 0 saturated carbocycles. The van der Waals surface area contributed by atoms with Crippen molar-refractivity contribution in [3.63, 3.8) is 0 Å². The van der Waals surface area contributed by atoms with Gasteiger partial charge < -0.3 is 19.5 Å². The zero-order valence-electron chi connectivity index (χ0n) is 17.5. The molecule has 0 amide bonds. The number of methoxy groups -OCH3 is 1. The molecular formula is C22H24F3NO5. The summed E-state index contributed by atoms with van der Waals surface area (Å²) in [5.74, 6) is -2.94. The number of halogens is 3. The highest BCUT2D eigenvalue weighted by atomic mass is 19.4. The van der Waals surface area contributed by atoms with Crippen LogP contribution in [0, 0.1) is 0 Å². The van der Waals surface area contributed by atoms with Gasteiger partial charge in [-0.25, -0.2) is 9.59 Å². The van der Waals surface area contributed by atoms with Crippen LogP contribution in [0.1, 0.15) is 43.7 Å². The number of carbonyl (C=O) groups is 2. The van der Waals surface area contributed by atoms with Crippen molar-refractivity contribution in [1.82, 2.24) is 5.32 Å². The van der Waals surface area contributed by atoms with Gasteiger partial charge in [0.1, 0.15) is 6.61 Å². The molecule has 9 heteroatoms. The van der Waals surface area contributed by atoms with Gasteiger partial charge >= 0.3 is 18.1 Å². The zero-order chi connectivity index (χ0) is 22.8. The number of ether oxygens (including phenoxy) is 3.